The summed E-state index contributed by atoms with van der Waals surface area (Å²) in [7, 11) is 0. The summed E-state index contributed by atoms with van der Waals surface area (Å²) in [5, 5.41) is 3.53. The zero-order chi connectivity index (χ0) is 16.2. The Kier molecular flexibility index (Phi) is 4.88. The van der Waals surface area contributed by atoms with E-state index < -0.39 is 5.95 Å². The van der Waals surface area contributed by atoms with Crippen molar-refractivity contribution in [2.24, 2.45) is 5.92 Å². The van der Waals surface area contributed by atoms with E-state index in [4.69, 9.17) is 22.1 Å². The molecule has 0 atom stereocenters. The minimum absolute atomic E-state index is 0.298. The molecule has 2 aromatic rings. The van der Waals surface area contributed by atoms with E-state index in [0.29, 0.717) is 33.8 Å². The van der Waals surface area contributed by atoms with Gasteiger partial charge in [-0.2, -0.15) is 4.39 Å². The molecule has 1 saturated heterocycles. The van der Waals surface area contributed by atoms with Crippen molar-refractivity contribution in [2.75, 3.05) is 30.8 Å². The Morgan fingerprint density at radius 3 is 2.87 bits per heavy atom. The van der Waals surface area contributed by atoms with Crippen LogP contribution in [0.5, 0.6) is 0 Å². The summed E-state index contributed by atoms with van der Waals surface area (Å²) in [4.78, 5) is 12.0. The Labute approximate surface area is 138 Å². The number of rotatable bonds is 4. The van der Waals surface area contributed by atoms with Crippen LogP contribution in [-0.2, 0) is 4.74 Å². The van der Waals surface area contributed by atoms with E-state index in [1.54, 1.807) is 0 Å². The van der Waals surface area contributed by atoms with E-state index in [-0.39, 0.29) is 0 Å². The largest absolute Gasteiger partial charge is 0.381 e. The van der Waals surface area contributed by atoms with Crippen molar-refractivity contribution < 1.29 is 9.13 Å². The molecule has 0 spiro atoms. The van der Waals surface area contributed by atoms with Crippen LogP contribution in [0.25, 0.3) is 11.3 Å². The number of nitrogens with one attached hydrogen (secondary N) is 1. The maximum absolute atomic E-state index is 13.3. The molecule has 8 heteroatoms. The highest BCUT2D eigenvalue weighted by Gasteiger charge is 2.15. The van der Waals surface area contributed by atoms with Crippen LogP contribution in [-0.4, -0.2) is 34.7 Å². The van der Waals surface area contributed by atoms with Gasteiger partial charge < -0.3 is 15.8 Å². The van der Waals surface area contributed by atoms with Crippen molar-refractivity contribution in [3.05, 3.63) is 29.4 Å². The van der Waals surface area contributed by atoms with Gasteiger partial charge in [-0.15, -0.1) is 0 Å². The highest BCUT2D eigenvalue weighted by atomic mass is 35.5. The molecule has 3 heterocycles. The molecule has 1 aliphatic rings. The summed E-state index contributed by atoms with van der Waals surface area (Å²) in [6.45, 7) is 2.29. The van der Waals surface area contributed by atoms with Gasteiger partial charge in [0.1, 0.15) is 0 Å². The number of aromatic nitrogens is 3. The van der Waals surface area contributed by atoms with Gasteiger partial charge in [0.25, 0.3) is 0 Å². The number of pyridine rings is 1. The molecule has 1 fully saturated rings. The lowest BCUT2D eigenvalue weighted by Crippen LogP contribution is -2.23. The molecule has 0 aromatic carbocycles. The van der Waals surface area contributed by atoms with Crippen LogP contribution >= 0.6 is 11.6 Å². The number of ether oxygens (including phenoxy) is 1. The summed E-state index contributed by atoms with van der Waals surface area (Å²) in [6, 6.07) is 1.23. The predicted octanol–water partition coefficient (Wildman–Crippen LogP) is 2.75. The maximum atomic E-state index is 13.3. The fourth-order valence-electron chi connectivity index (χ4n) is 2.46. The minimum Gasteiger partial charge on any atom is -0.381 e. The van der Waals surface area contributed by atoms with E-state index >= 15 is 0 Å². The van der Waals surface area contributed by atoms with Crippen molar-refractivity contribution in [3.63, 3.8) is 0 Å². The van der Waals surface area contributed by atoms with Crippen LogP contribution in [0.1, 0.15) is 12.8 Å². The van der Waals surface area contributed by atoms with Crippen LogP contribution in [0, 0.1) is 11.9 Å². The first-order valence-corrected chi connectivity index (χ1v) is 7.77. The van der Waals surface area contributed by atoms with Crippen LogP contribution < -0.4 is 11.1 Å². The number of nitrogens with zero attached hydrogens (tertiary/aromatic N) is 3. The van der Waals surface area contributed by atoms with Crippen molar-refractivity contribution in [1.82, 2.24) is 15.0 Å². The van der Waals surface area contributed by atoms with Gasteiger partial charge in [0, 0.05) is 37.6 Å². The molecular weight excluding hydrogens is 321 g/mol. The maximum Gasteiger partial charge on any atom is 0.213 e. The standard InChI is InChI=1S/C15H17ClFN5O/c16-11-7-19-13(17)5-10(11)12-8-20-14(18)15(22-12)21-6-9-1-3-23-4-2-9/h5,7-9H,1-4,6H2,(H2,18,20)(H,21,22). The Balaban J connectivity index is 1.79. The third kappa shape index (κ3) is 3.86. The van der Waals surface area contributed by atoms with Crippen molar-refractivity contribution in [1.29, 1.82) is 0 Å². The lowest BCUT2D eigenvalue weighted by Gasteiger charge is -2.22. The number of hydrogen-bond donors (Lipinski definition) is 2. The van der Waals surface area contributed by atoms with Crippen LogP contribution in [0.15, 0.2) is 18.5 Å². The van der Waals surface area contributed by atoms with Crippen molar-refractivity contribution in [2.45, 2.75) is 12.8 Å². The first-order valence-electron chi connectivity index (χ1n) is 7.39. The monoisotopic (exact) mass is 337 g/mol. The lowest BCUT2D eigenvalue weighted by molar-refractivity contribution is 0.0699. The third-order valence-corrected chi connectivity index (χ3v) is 4.10. The summed E-state index contributed by atoms with van der Waals surface area (Å²) >= 11 is 6.06. The molecular formula is C15H17ClFN5O. The average Bonchev–Trinajstić information content (AvgIpc) is 2.57. The Morgan fingerprint density at radius 1 is 1.30 bits per heavy atom. The number of halogens is 2. The molecule has 0 amide bonds. The molecule has 0 unspecified atom stereocenters. The average molecular weight is 338 g/mol. The summed E-state index contributed by atoms with van der Waals surface area (Å²) in [6.07, 6.45) is 4.72. The smallest absolute Gasteiger partial charge is 0.213 e. The zero-order valence-electron chi connectivity index (χ0n) is 12.4. The van der Waals surface area contributed by atoms with Gasteiger partial charge in [-0.3, -0.25) is 0 Å². The number of anilines is 2. The van der Waals surface area contributed by atoms with Crippen molar-refractivity contribution in [3.8, 4) is 11.3 Å². The Hall–Kier alpha value is -1.99. The fraction of sp³-hybridized carbons (Fsp3) is 0.400. The van der Waals surface area contributed by atoms with Crippen LogP contribution in [0.4, 0.5) is 16.0 Å². The predicted molar refractivity (Wildman–Crippen MR) is 86.7 cm³/mol. The first-order chi connectivity index (χ1) is 11.1. The van der Waals surface area contributed by atoms with E-state index in [1.165, 1.54) is 18.5 Å². The lowest BCUT2D eigenvalue weighted by atomic mass is 10.0. The molecule has 0 saturated carbocycles. The van der Waals surface area contributed by atoms with E-state index in [2.05, 4.69) is 20.3 Å². The topological polar surface area (TPSA) is 86.0 Å². The quantitative estimate of drug-likeness (QED) is 0.834. The summed E-state index contributed by atoms with van der Waals surface area (Å²) in [5.41, 5.74) is 6.75. The van der Waals surface area contributed by atoms with Gasteiger partial charge in [0.05, 0.1) is 16.9 Å². The van der Waals surface area contributed by atoms with Gasteiger partial charge in [-0.1, -0.05) is 11.6 Å². The zero-order valence-corrected chi connectivity index (χ0v) is 13.2. The van der Waals surface area contributed by atoms with E-state index in [1.807, 2.05) is 0 Å². The normalized spacial score (nSPS) is 15.6. The number of nitrogen functional groups attached to an aromatic ring is 1. The molecule has 0 radical (unpaired) electrons. The van der Waals surface area contributed by atoms with Gasteiger partial charge in [-0.25, -0.2) is 15.0 Å². The van der Waals surface area contributed by atoms with E-state index in [9.17, 15) is 4.39 Å². The molecule has 3 rings (SSSR count). The van der Waals surface area contributed by atoms with Gasteiger partial charge >= 0.3 is 0 Å². The fourth-order valence-corrected chi connectivity index (χ4v) is 2.66. The van der Waals surface area contributed by atoms with Gasteiger partial charge in [0.2, 0.25) is 5.95 Å². The van der Waals surface area contributed by atoms with Crippen LogP contribution in [0.2, 0.25) is 5.02 Å². The minimum atomic E-state index is -0.625. The molecule has 0 bridgehead atoms. The Morgan fingerprint density at radius 2 is 2.09 bits per heavy atom. The SMILES string of the molecule is Nc1ncc(-c2cc(F)ncc2Cl)nc1NCC1CCOCC1. The van der Waals surface area contributed by atoms with Gasteiger partial charge in [0.15, 0.2) is 11.6 Å². The number of nitrogens with two attached hydrogens (primary N) is 1. The highest BCUT2D eigenvalue weighted by molar-refractivity contribution is 6.33. The second kappa shape index (κ2) is 7.06. The molecule has 0 aliphatic carbocycles. The Bertz CT molecular complexity index is 694. The van der Waals surface area contributed by atoms with Gasteiger partial charge in [-0.05, 0) is 18.8 Å². The molecule has 122 valence electrons. The number of hydrogen-bond acceptors (Lipinski definition) is 6. The molecule has 23 heavy (non-hydrogen) atoms. The molecule has 2 aromatic heterocycles. The highest BCUT2D eigenvalue weighted by Crippen LogP contribution is 2.28. The summed E-state index contributed by atoms with van der Waals surface area (Å²) in [5.74, 6) is 0.657. The molecule has 6 nitrogen and oxygen atoms in total. The summed E-state index contributed by atoms with van der Waals surface area (Å²) < 4.78 is 18.7. The second-order valence-corrected chi connectivity index (χ2v) is 5.82. The second-order valence-electron chi connectivity index (χ2n) is 5.41. The first kappa shape index (κ1) is 15.9. The molecule has 1 aliphatic heterocycles. The van der Waals surface area contributed by atoms with Crippen molar-refractivity contribution >= 4 is 23.2 Å². The van der Waals surface area contributed by atoms with E-state index in [0.717, 1.165) is 32.6 Å². The third-order valence-electron chi connectivity index (χ3n) is 3.80. The molecule has 3 N–H and O–H groups in total. The van der Waals surface area contributed by atoms with Crippen LogP contribution in [0.3, 0.4) is 0 Å².